The van der Waals surface area contributed by atoms with Crippen LogP contribution in [0.25, 0.3) is 0 Å². The number of benzene rings is 2. The molecule has 7 heteroatoms. The van der Waals surface area contributed by atoms with Crippen LogP contribution in [-0.4, -0.2) is 38.4 Å². The van der Waals surface area contributed by atoms with Gasteiger partial charge in [-0.05, 0) is 57.0 Å². The van der Waals surface area contributed by atoms with E-state index in [1.54, 1.807) is 26.2 Å². The van der Waals surface area contributed by atoms with Gasteiger partial charge in [-0.15, -0.1) is 0 Å². The number of aryl methyl sites for hydroxylation is 1. The molecule has 6 nitrogen and oxygen atoms in total. The van der Waals surface area contributed by atoms with Crippen molar-refractivity contribution < 1.29 is 19.0 Å². The average Bonchev–Trinajstić information content (AvgIpc) is 2.70. The first-order valence-electron chi connectivity index (χ1n) is 10.00. The fourth-order valence-electron chi connectivity index (χ4n) is 2.77. The predicted octanol–water partition coefficient (Wildman–Crippen LogP) is 5.04. The lowest BCUT2D eigenvalue weighted by Crippen LogP contribution is -2.32. The number of carbonyl (C=O) groups excluding carboxylic acids is 1. The van der Waals surface area contributed by atoms with Gasteiger partial charge in [-0.1, -0.05) is 23.7 Å². The zero-order valence-corrected chi connectivity index (χ0v) is 19.0. The van der Waals surface area contributed by atoms with E-state index in [-0.39, 0.29) is 12.0 Å². The fraction of sp³-hybridized carbons (Fsp3) is 0.435. The number of carbonyl (C=O) groups is 1. The minimum Gasteiger partial charge on any atom is -0.495 e. The smallest absolute Gasteiger partial charge is 0.246 e. The Morgan fingerprint density at radius 3 is 2.60 bits per heavy atom. The van der Waals surface area contributed by atoms with Crippen LogP contribution in [0.4, 0.5) is 11.4 Å². The molecule has 1 unspecified atom stereocenters. The van der Waals surface area contributed by atoms with E-state index in [0.29, 0.717) is 36.3 Å². The van der Waals surface area contributed by atoms with Crippen molar-refractivity contribution in [1.29, 1.82) is 0 Å². The van der Waals surface area contributed by atoms with Crippen LogP contribution >= 0.6 is 11.6 Å². The Balaban J connectivity index is 1.92. The molecular formula is C23H31ClN2O4. The Morgan fingerprint density at radius 2 is 1.90 bits per heavy atom. The van der Waals surface area contributed by atoms with E-state index in [1.807, 2.05) is 45.0 Å². The molecule has 2 rings (SSSR count). The maximum absolute atomic E-state index is 12.7. The number of methoxy groups -OCH3 is 1. The molecule has 0 saturated heterocycles. The number of anilines is 2. The second-order valence-electron chi connectivity index (χ2n) is 7.33. The van der Waals surface area contributed by atoms with Crippen molar-refractivity contribution in [3.05, 3.63) is 52.5 Å². The highest BCUT2D eigenvalue weighted by atomic mass is 35.5. The third-order valence-corrected chi connectivity index (χ3v) is 4.80. The summed E-state index contributed by atoms with van der Waals surface area (Å²) < 4.78 is 16.4. The van der Waals surface area contributed by atoms with Gasteiger partial charge in [-0.2, -0.15) is 0 Å². The lowest BCUT2D eigenvalue weighted by molar-refractivity contribution is -0.116. The molecule has 0 saturated carbocycles. The maximum atomic E-state index is 12.7. The van der Waals surface area contributed by atoms with Gasteiger partial charge in [-0.25, -0.2) is 0 Å². The van der Waals surface area contributed by atoms with E-state index >= 15 is 0 Å². The summed E-state index contributed by atoms with van der Waals surface area (Å²) in [4.78, 5) is 12.7. The number of hydrogen-bond donors (Lipinski definition) is 2. The predicted molar refractivity (Wildman–Crippen MR) is 122 cm³/mol. The molecule has 2 aromatic carbocycles. The lowest BCUT2D eigenvalue weighted by Gasteiger charge is -2.18. The summed E-state index contributed by atoms with van der Waals surface area (Å²) >= 11 is 6.13. The molecule has 30 heavy (non-hydrogen) atoms. The molecular weight excluding hydrogens is 404 g/mol. The first-order chi connectivity index (χ1) is 14.3. The number of hydrogen-bond acceptors (Lipinski definition) is 5. The highest BCUT2D eigenvalue weighted by molar-refractivity contribution is 6.31. The van der Waals surface area contributed by atoms with Gasteiger partial charge < -0.3 is 24.8 Å². The average molecular weight is 435 g/mol. The van der Waals surface area contributed by atoms with Crippen LogP contribution < -0.4 is 15.4 Å². The van der Waals surface area contributed by atoms with E-state index < -0.39 is 6.04 Å². The standard InChI is InChI=1S/C23H31ClN2O4/c1-15(2)30-10-9-29-14-18-7-6-8-19(12-18)25-17(4)23(27)26-21-11-16(3)20(24)13-22(21)28-5/h6-8,11-13,15,17,25H,9-10,14H2,1-5H3,(H,26,27). The zero-order chi connectivity index (χ0) is 22.1. The summed E-state index contributed by atoms with van der Waals surface area (Å²) in [6, 6.07) is 10.8. The topological polar surface area (TPSA) is 68.8 Å². The highest BCUT2D eigenvalue weighted by Gasteiger charge is 2.16. The summed E-state index contributed by atoms with van der Waals surface area (Å²) in [5.74, 6) is 0.342. The molecule has 164 valence electrons. The monoisotopic (exact) mass is 434 g/mol. The summed E-state index contributed by atoms with van der Waals surface area (Å²) in [5.41, 5.74) is 3.31. The summed E-state index contributed by atoms with van der Waals surface area (Å²) in [7, 11) is 1.54. The van der Waals surface area contributed by atoms with Gasteiger partial charge in [0.25, 0.3) is 0 Å². The summed E-state index contributed by atoms with van der Waals surface area (Å²) in [5, 5.41) is 6.71. The van der Waals surface area contributed by atoms with Crippen LogP contribution in [0.2, 0.25) is 5.02 Å². The van der Waals surface area contributed by atoms with Gasteiger partial charge in [0, 0.05) is 16.8 Å². The number of halogens is 1. The van der Waals surface area contributed by atoms with Crippen molar-refractivity contribution in [2.45, 2.75) is 46.4 Å². The Morgan fingerprint density at radius 1 is 1.13 bits per heavy atom. The zero-order valence-electron chi connectivity index (χ0n) is 18.3. The molecule has 0 aliphatic heterocycles. The first-order valence-corrected chi connectivity index (χ1v) is 10.4. The molecule has 0 aromatic heterocycles. The Bertz CT molecular complexity index is 842. The Kier molecular flexibility index (Phi) is 9.43. The van der Waals surface area contributed by atoms with Gasteiger partial charge in [-0.3, -0.25) is 4.79 Å². The van der Waals surface area contributed by atoms with Crippen LogP contribution in [-0.2, 0) is 20.9 Å². The maximum Gasteiger partial charge on any atom is 0.246 e. The van der Waals surface area contributed by atoms with Crippen LogP contribution in [0, 0.1) is 6.92 Å². The SMILES string of the molecule is COc1cc(Cl)c(C)cc1NC(=O)C(C)Nc1cccc(COCCOC(C)C)c1. The second kappa shape index (κ2) is 11.8. The molecule has 0 heterocycles. The Labute approximate surface area is 183 Å². The lowest BCUT2D eigenvalue weighted by atomic mass is 10.1. The summed E-state index contributed by atoms with van der Waals surface area (Å²) in [6.45, 7) is 9.27. The van der Waals surface area contributed by atoms with Crippen LogP contribution in [0.15, 0.2) is 36.4 Å². The van der Waals surface area contributed by atoms with Crippen molar-refractivity contribution in [3.8, 4) is 5.75 Å². The summed E-state index contributed by atoms with van der Waals surface area (Å²) in [6.07, 6.45) is 0.200. The van der Waals surface area contributed by atoms with E-state index in [4.69, 9.17) is 25.8 Å². The quantitative estimate of drug-likeness (QED) is 0.485. The van der Waals surface area contributed by atoms with Gasteiger partial charge >= 0.3 is 0 Å². The normalized spacial score (nSPS) is 12.0. The minimum absolute atomic E-state index is 0.178. The van der Waals surface area contributed by atoms with E-state index in [0.717, 1.165) is 16.8 Å². The Hall–Kier alpha value is -2.28. The molecule has 1 amide bonds. The van der Waals surface area contributed by atoms with E-state index in [1.165, 1.54) is 0 Å². The van der Waals surface area contributed by atoms with Crippen molar-refractivity contribution in [3.63, 3.8) is 0 Å². The fourth-order valence-corrected chi connectivity index (χ4v) is 2.92. The number of nitrogens with one attached hydrogen (secondary N) is 2. The molecule has 0 bridgehead atoms. The second-order valence-corrected chi connectivity index (χ2v) is 7.74. The van der Waals surface area contributed by atoms with E-state index in [9.17, 15) is 4.79 Å². The molecule has 0 fully saturated rings. The number of ether oxygens (including phenoxy) is 3. The first kappa shape index (κ1) is 24.0. The van der Waals surface area contributed by atoms with Crippen molar-refractivity contribution >= 4 is 28.9 Å². The molecule has 2 aromatic rings. The van der Waals surface area contributed by atoms with Gasteiger partial charge in [0.05, 0.1) is 38.7 Å². The van der Waals surface area contributed by atoms with Crippen molar-refractivity contribution in [1.82, 2.24) is 0 Å². The molecule has 0 aliphatic carbocycles. The van der Waals surface area contributed by atoms with Gasteiger partial charge in [0.15, 0.2) is 0 Å². The molecule has 0 aliphatic rings. The minimum atomic E-state index is -0.457. The number of amides is 1. The van der Waals surface area contributed by atoms with E-state index in [2.05, 4.69) is 10.6 Å². The van der Waals surface area contributed by atoms with Crippen LogP contribution in [0.3, 0.4) is 0 Å². The van der Waals surface area contributed by atoms with Gasteiger partial charge in [0.2, 0.25) is 5.91 Å². The van der Waals surface area contributed by atoms with Crippen molar-refractivity contribution in [2.75, 3.05) is 31.0 Å². The van der Waals surface area contributed by atoms with Crippen LogP contribution in [0.1, 0.15) is 31.9 Å². The largest absolute Gasteiger partial charge is 0.495 e. The molecule has 2 N–H and O–H groups in total. The molecule has 0 spiro atoms. The third kappa shape index (κ3) is 7.52. The highest BCUT2D eigenvalue weighted by Crippen LogP contribution is 2.31. The number of rotatable bonds is 11. The van der Waals surface area contributed by atoms with Crippen LogP contribution in [0.5, 0.6) is 5.75 Å². The molecule has 1 atom stereocenters. The van der Waals surface area contributed by atoms with Crippen molar-refractivity contribution in [2.24, 2.45) is 0 Å². The van der Waals surface area contributed by atoms with Gasteiger partial charge in [0.1, 0.15) is 11.8 Å². The molecule has 0 radical (unpaired) electrons. The third-order valence-electron chi connectivity index (χ3n) is 4.39.